The predicted octanol–water partition coefficient (Wildman–Crippen LogP) is 6.97. The van der Waals surface area contributed by atoms with E-state index in [1.807, 2.05) is 13.0 Å². The molecule has 1 unspecified atom stereocenters. The maximum absolute atomic E-state index is 13.5. The summed E-state index contributed by atoms with van der Waals surface area (Å²) in [6, 6.07) is 30.4. The van der Waals surface area contributed by atoms with Crippen molar-refractivity contribution in [1.82, 2.24) is 5.32 Å². The fourth-order valence-corrected chi connectivity index (χ4v) is 6.27. The van der Waals surface area contributed by atoms with E-state index in [0.29, 0.717) is 39.5 Å². The van der Waals surface area contributed by atoms with Gasteiger partial charge in [0.15, 0.2) is 11.6 Å². The van der Waals surface area contributed by atoms with E-state index in [9.17, 15) is 24.0 Å². The van der Waals surface area contributed by atoms with Gasteiger partial charge >= 0.3 is 0 Å². The van der Waals surface area contributed by atoms with Gasteiger partial charge in [-0.2, -0.15) is 0 Å². The number of thioether (sulfide) groups is 1. The number of hydrogen-bond donors (Lipinski definition) is 3. The van der Waals surface area contributed by atoms with Gasteiger partial charge in [-0.3, -0.25) is 24.0 Å². The zero-order valence-electron chi connectivity index (χ0n) is 25.7. The molecule has 5 aromatic rings. The van der Waals surface area contributed by atoms with Crippen molar-refractivity contribution in [1.29, 1.82) is 0 Å². The lowest BCUT2D eigenvalue weighted by molar-refractivity contribution is -0.116. The SMILES string of the molecule is CCC(Sc1cccc(NC(=O)/C(=C\c2ccco2)NC(=O)c2ccccc2)c1)C(=O)Nc1cccc2c1C(=O)c1ccccc1C2=O. The molecule has 1 atom stereocenters. The molecule has 0 aliphatic heterocycles. The van der Waals surface area contributed by atoms with Gasteiger partial charge in [0.05, 0.1) is 22.8 Å². The van der Waals surface area contributed by atoms with Crippen molar-refractivity contribution < 1.29 is 28.4 Å². The summed E-state index contributed by atoms with van der Waals surface area (Å²) in [6.45, 7) is 1.87. The summed E-state index contributed by atoms with van der Waals surface area (Å²) in [4.78, 5) is 67.1. The summed E-state index contributed by atoms with van der Waals surface area (Å²) in [5, 5.41) is 7.80. The summed E-state index contributed by atoms with van der Waals surface area (Å²) in [5.41, 5.74) is 2.16. The number of anilines is 2. The van der Waals surface area contributed by atoms with Gasteiger partial charge in [0.2, 0.25) is 5.91 Å². The Morgan fingerprint density at radius 1 is 0.771 bits per heavy atom. The fraction of sp³-hybridized carbons (Fsp3) is 0.0789. The average Bonchev–Trinajstić information content (AvgIpc) is 3.63. The Morgan fingerprint density at radius 2 is 1.48 bits per heavy atom. The highest BCUT2D eigenvalue weighted by molar-refractivity contribution is 8.00. The lowest BCUT2D eigenvalue weighted by atomic mass is 9.83. The van der Waals surface area contributed by atoms with Crippen LogP contribution in [0, 0.1) is 0 Å². The van der Waals surface area contributed by atoms with Crippen molar-refractivity contribution in [2.24, 2.45) is 0 Å². The third-order valence-electron chi connectivity index (χ3n) is 7.60. The molecular formula is C38H29N3O6S. The molecule has 4 aromatic carbocycles. The monoisotopic (exact) mass is 655 g/mol. The molecule has 1 aromatic heterocycles. The highest BCUT2D eigenvalue weighted by Crippen LogP contribution is 2.33. The molecule has 3 N–H and O–H groups in total. The van der Waals surface area contributed by atoms with E-state index in [-0.39, 0.29) is 40.0 Å². The Labute approximate surface area is 280 Å². The molecule has 1 heterocycles. The van der Waals surface area contributed by atoms with Crippen LogP contribution >= 0.6 is 11.8 Å². The van der Waals surface area contributed by atoms with Gasteiger partial charge in [-0.25, -0.2) is 0 Å². The first-order chi connectivity index (χ1) is 23.3. The number of carbonyl (C=O) groups is 5. The number of carbonyl (C=O) groups excluding carboxylic acids is 5. The van der Waals surface area contributed by atoms with Crippen molar-refractivity contribution >= 4 is 58.5 Å². The van der Waals surface area contributed by atoms with Crippen LogP contribution < -0.4 is 16.0 Å². The van der Waals surface area contributed by atoms with Crippen LogP contribution in [0.3, 0.4) is 0 Å². The second-order valence-electron chi connectivity index (χ2n) is 10.8. The fourth-order valence-electron chi connectivity index (χ4n) is 5.25. The molecule has 0 saturated carbocycles. The second kappa shape index (κ2) is 14.2. The molecule has 0 fully saturated rings. The molecule has 0 saturated heterocycles. The summed E-state index contributed by atoms with van der Waals surface area (Å²) in [5.74, 6) is -1.57. The van der Waals surface area contributed by atoms with Gasteiger partial charge in [-0.15, -0.1) is 11.8 Å². The highest BCUT2D eigenvalue weighted by atomic mass is 32.2. The number of furan rings is 1. The van der Waals surface area contributed by atoms with Crippen LogP contribution in [0.2, 0.25) is 0 Å². The van der Waals surface area contributed by atoms with Crippen molar-refractivity contribution in [3.63, 3.8) is 0 Å². The standard InChI is InChI=1S/C38H29N3O6S/c1-2-32(38(46)40-30-19-9-18-29-33(30)35(43)28-17-7-6-16-27(28)34(29)42)48-26-15-8-13-24(21-26)39-37(45)31(22-25-14-10-20-47-25)41-36(44)23-11-4-3-5-12-23/h3-22,32H,2H2,1H3,(H,39,45)(H,40,46)(H,41,44)/b31-22+. The van der Waals surface area contributed by atoms with Crippen LogP contribution in [0.4, 0.5) is 11.4 Å². The second-order valence-corrected chi connectivity index (χ2v) is 12.1. The molecule has 0 spiro atoms. The third kappa shape index (κ3) is 6.89. The summed E-state index contributed by atoms with van der Waals surface area (Å²) in [6.07, 6.45) is 3.36. The highest BCUT2D eigenvalue weighted by Gasteiger charge is 2.32. The van der Waals surface area contributed by atoms with Crippen LogP contribution in [0.1, 0.15) is 61.3 Å². The molecule has 1 aliphatic rings. The minimum atomic E-state index is -0.572. The van der Waals surface area contributed by atoms with Crippen LogP contribution in [-0.4, -0.2) is 34.5 Å². The van der Waals surface area contributed by atoms with E-state index in [4.69, 9.17) is 4.42 Å². The summed E-state index contributed by atoms with van der Waals surface area (Å²) < 4.78 is 5.37. The average molecular weight is 656 g/mol. The lowest BCUT2D eigenvalue weighted by Crippen LogP contribution is -2.30. The number of benzene rings is 4. The Kier molecular flexibility index (Phi) is 9.45. The first-order valence-corrected chi connectivity index (χ1v) is 16.0. The predicted molar refractivity (Wildman–Crippen MR) is 184 cm³/mol. The first kappa shape index (κ1) is 32.0. The zero-order valence-corrected chi connectivity index (χ0v) is 26.5. The number of nitrogens with one attached hydrogen (secondary N) is 3. The minimum absolute atomic E-state index is 0.0236. The molecule has 9 nitrogen and oxygen atoms in total. The third-order valence-corrected chi connectivity index (χ3v) is 8.96. The maximum Gasteiger partial charge on any atom is 0.272 e. The Bertz CT molecular complexity index is 2070. The summed E-state index contributed by atoms with van der Waals surface area (Å²) >= 11 is 1.29. The van der Waals surface area contributed by atoms with Gasteiger partial charge in [0, 0.05) is 38.9 Å². The number of amides is 3. The number of ketones is 2. The smallest absolute Gasteiger partial charge is 0.272 e. The van der Waals surface area contributed by atoms with Crippen molar-refractivity contribution in [3.8, 4) is 0 Å². The first-order valence-electron chi connectivity index (χ1n) is 15.1. The number of fused-ring (bicyclic) bond motifs is 2. The molecule has 10 heteroatoms. The van der Waals surface area contributed by atoms with Gasteiger partial charge < -0.3 is 20.4 Å². The molecule has 238 valence electrons. The molecule has 0 bridgehead atoms. The van der Waals surface area contributed by atoms with Gasteiger partial charge in [-0.05, 0) is 55.0 Å². The van der Waals surface area contributed by atoms with Crippen molar-refractivity contribution in [2.75, 3.05) is 10.6 Å². The largest absolute Gasteiger partial charge is 0.465 e. The molecule has 0 radical (unpaired) electrons. The van der Waals surface area contributed by atoms with E-state index in [0.717, 1.165) is 0 Å². The quantitative estimate of drug-likeness (QED) is 0.107. The van der Waals surface area contributed by atoms with Crippen LogP contribution in [0.25, 0.3) is 6.08 Å². The van der Waals surface area contributed by atoms with Gasteiger partial charge in [-0.1, -0.05) is 67.6 Å². The Hall–Kier alpha value is -6.00. The maximum atomic E-state index is 13.5. The molecule has 6 rings (SSSR count). The van der Waals surface area contributed by atoms with E-state index in [2.05, 4.69) is 16.0 Å². The van der Waals surface area contributed by atoms with E-state index in [1.54, 1.807) is 103 Å². The number of hydrogen-bond acceptors (Lipinski definition) is 7. The van der Waals surface area contributed by atoms with E-state index in [1.165, 1.54) is 24.1 Å². The lowest BCUT2D eigenvalue weighted by Gasteiger charge is -2.21. The van der Waals surface area contributed by atoms with Gasteiger partial charge in [0.25, 0.3) is 11.8 Å². The van der Waals surface area contributed by atoms with Gasteiger partial charge in [0.1, 0.15) is 11.5 Å². The Balaban J connectivity index is 1.17. The molecular weight excluding hydrogens is 627 g/mol. The zero-order chi connectivity index (χ0) is 33.6. The topological polar surface area (TPSA) is 135 Å². The van der Waals surface area contributed by atoms with Crippen molar-refractivity contribution in [2.45, 2.75) is 23.5 Å². The number of rotatable bonds is 10. The van der Waals surface area contributed by atoms with E-state index >= 15 is 0 Å². The Morgan fingerprint density at radius 3 is 2.21 bits per heavy atom. The normalized spacial score (nSPS) is 12.8. The van der Waals surface area contributed by atoms with Crippen LogP contribution in [-0.2, 0) is 9.59 Å². The minimum Gasteiger partial charge on any atom is -0.465 e. The van der Waals surface area contributed by atoms with Crippen LogP contribution in [0.15, 0.2) is 130 Å². The molecule has 48 heavy (non-hydrogen) atoms. The molecule has 3 amide bonds. The molecule has 1 aliphatic carbocycles. The van der Waals surface area contributed by atoms with Crippen molar-refractivity contribution in [3.05, 3.63) is 155 Å². The summed E-state index contributed by atoms with van der Waals surface area (Å²) in [7, 11) is 0. The van der Waals surface area contributed by atoms with Crippen LogP contribution in [0.5, 0.6) is 0 Å². The van der Waals surface area contributed by atoms with E-state index < -0.39 is 17.1 Å².